The first-order valence-corrected chi connectivity index (χ1v) is 6.58. The molecule has 0 radical (unpaired) electrons. The van der Waals surface area contributed by atoms with Gasteiger partial charge in [-0.2, -0.15) is 0 Å². The number of anilines is 3. The van der Waals surface area contributed by atoms with E-state index in [4.69, 9.17) is 4.74 Å². The smallest absolute Gasteiger partial charge is 0.135 e. The first-order valence-electron chi connectivity index (χ1n) is 6.58. The van der Waals surface area contributed by atoms with E-state index >= 15 is 0 Å². The lowest BCUT2D eigenvalue weighted by molar-refractivity contribution is 0.210. The Bertz CT molecular complexity index is 572. The van der Waals surface area contributed by atoms with Gasteiger partial charge in [-0.15, -0.1) is 0 Å². The van der Waals surface area contributed by atoms with Crippen LogP contribution in [0, 0.1) is 13.8 Å². The SMILES string of the molecule is COCCNc1cc(Nc2cc(C)ccc2C)ncn1. The fourth-order valence-electron chi connectivity index (χ4n) is 1.81. The molecule has 0 saturated heterocycles. The lowest BCUT2D eigenvalue weighted by atomic mass is 10.1. The standard InChI is InChI=1S/C15H20N4O/c1-11-4-5-12(2)13(8-11)19-15-9-14(17-10-18-15)16-6-7-20-3/h4-5,8-10H,6-7H2,1-3H3,(H2,16,17,18,19). The largest absolute Gasteiger partial charge is 0.383 e. The van der Waals surface area contributed by atoms with Gasteiger partial charge in [-0.3, -0.25) is 0 Å². The van der Waals surface area contributed by atoms with Crippen LogP contribution in [0.3, 0.4) is 0 Å². The van der Waals surface area contributed by atoms with Crippen molar-refractivity contribution in [2.75, 3.05) is 30.9 Å². The summed E-state index contributed by atoms with van der Waals surface area (Å²) in [5, 5.41) is 6.50. The quantitative estimate of drug-likeness (QED) is 0.792. The van der Waals surface area contributed by atoms with Gasteiger partial charge >= 0.3 is 0 Å². The maximum Gasteiger partial charge on any atom is 0.135 e. The van der Waals surface area contributed by atoms with Crippen LogP contribution in [0.2, 0.25) is 0 Å². The molecule has 1 aromatic heterocycles. The molecule has 0 fully saturated rings. The van der Waals surface area contributed by atoms with Crippen LogP contribution in [0.25, 0.3) is 0 Å². The number of nitrogens with zero attached hydrogens (tertiary/aromatic N) is 2. The zero-order chi connectivity index (χ0) is 14.4. The second-order valence-corrected chi connectivity index (χ2v) is 4.65. The Hall–Kier alpha value is -2.14. The van der Waals surface area contributed by atoms with Crippen LogP contribution in [-0.4, -0.2) is 30.2 Å². The van der Waals surface area contributed by atoms with Crippen molar-refractivity contribution in [3.05, 3.63) is 41.7 Å². The second-order valence-electron chi connectivity index (χ2n) is 4.65. The molecular weight excluding hydrogens is 252 g/mol. The van der Waals surface area contributed by atoms with Crippen molar-refractivity contribution in [1.29, 1.82) is 0 Å². The lowest BCUT2D eigenvalue weighted by Gasteiger charge is -2.11. The number of hydrogen-bond acceptors (Lipinski definition) is 5. The van der Waals surface area contributed by atoms with Crippen LogP contribution >= 0.6 is 0 Å². The van der Waals surface area contributed by atoms with E-state index in [0.717, 1.165) is 23.9 Å². The third-order valence-corrected chi connectivity index (χ3v) is 2.94. The van der Waals surface area contributed by atoms with E-state index in [9.17, 15) is 0 Å². The molecule has 1 aromatic carbocycles. The van der Waals surface area contributed by atoms with Gasteiger partial charge in [0.2, 0.25) is 0 Å². The molecule has 0 atom stereocenters. The Morgan fingerprint density at radius 3 is 2.70 bits per heavy atom. The molecule has 2 N–H and O–H groups in total. The Balaban J connectivity index is 2.09. The lowest BCUT2D eigenvalue weighted by Crippen LogP contribution is -2.09. The summed E-state index contributed by atoms with van der Waals surface area (Å²) in [6, 6.07) is 8.18. The third-order valence-electron chi connectivity index (χ3n) is 2.94. The van der Waals surface area contributed by atoms with Crippen LogP contribution in [0.15, 0.2) is 30.6 Å². The van der Waals surface area contributed by atoms with Gasteiger partial charge in [0.25, 0.3) is 0 Å². The first-order chi connectivity index (χ1) is 9.69. The fourth-order valence-corrected chi connectivity index (χ4v) is 1.81. The normalized spacial score (nSPS) is 10.3. The van der Waals surface area contributed by atoms with E-state index < -0.39 is 0 Å². The molecule has 5 heteroatoms. The molecule has 0 amide bonds. The molecule has 5 nitrogen and oxygen atoms in total. The molecule has 20 heavy (non-hydrogen) atoms. The first kappa shape index (κ1) is 14.3. The highest BCUT2D eigenvalue weighted by molar-refractivity contribution is 5.62. The molecule has 0 saturated carbocycles. The van der Waals surface area contributed by atoms with Crippen LogP contribution < -0.4 is 10.6 Å². The number of hydrogen-bond donors (Lipinski definition) is 2. The minimum atomic E-state index is 0.643. The Morgan fingerprint density at radius 1 is 1.10 bits per heavy atom. The topological polar surface area (TPSA) is 59.1 Å². The van der Waals surface area contributed by atoms with Gasteiger partial charge < -0.3 is 15.4 Å². The molecule has 2 rings (SSSR count). The zero-order valence-electron chi connectivity index (χ0n) is 12.1. The van der Waals surface area contributed by atoms with Gasteiger partial charge in [0.1, 0.15) is 18.0 Å². The van der Waals surface area contributed by atoms with E-state index in [-0.39, 0.29) is 0 Å². The predicted octanol–water partition coefficient (Wildman–Crippen LogP) is 2.90. The van der Waals surface area contributed by atoms with Crippen molar-refractivity contribution in [2.45, 2.75) is 13.8 Å². The van der Waals surface area contributed by atoms with Crippen molar-refractivity contribution < 1.29 is 4.74 Å². The van der Waals surface area contributed by atoms with E-state index in [2.05, 4.69) is 52.6 Å². The minimum Gasteiger partial charge on any atom is -0.383 e. The summed E-state index contributed by atoms with van der Waals surface area (Å²) in [7, 11) is 1.68. The van der Waals surface area contributed by atoms with Crippen molar-refractivity contribution in [3.8, 4) is 0 Å². The van der Waals surface area contributed by atoms with E-state index in [0.29, 0.717) is 6.61 Å². The molecule has 0 aliphatic rings. The number of ether oxygens (including phenoxy) is 1. The highest BCUT2D eigenvalue weighted by Crippen LogP contribution is 2.21. The fraction of sp³-hybridized carbons (Fsp3) is 0.333. The molecule has 0 bridgehead atoms. The van der Waals surface area contributed by atoms with Gasteiger partial charge in [0.15, 0.2) is 0 Å². The number of rotatable bonds is 6. The Kier molecular flexibility index (Phi) is 4.90. The van der Waals surface area contributed by atoms with E-state index in [1.54, 1.807) is 13.4 Å². The number of aryl methyl sites for hydroxylation is 2. The average Bonchev–Trinajstić information content (AvgIpc) is 2.44. The number of methoxy groups -OCH3 is 1. The molecule has 106 valence electrons. The summed E-state index contributed by atoms with van der Waals surface area (Å²) in [5.41, 5.74) is 3.46. The summed E-state index contributed by atoms with van der Waals surface area (Å²) in [4.78, 5) is 8.42. The summed E-state index contributed by atoms with van der Waals surface area (Å²) in [6.45, 7) is 5.50. The average molecular weight is 272 g/mol. The maximum atomic E-state index is 5.00. The molecule has 0 spiro atoms. The monoisotopic (exact) mass is 272 g/mol. The van der Waals surface area contributed by atoms with Crippen molar-refractivity contribution in [1.82, 2.24) is 9.97 Å². The van der Waals surface area contributed by atoms with Crippen molar-refractivity contribution in [2.24, 2.45) is 0 Å². The van der Waals surface area contributed by atoms with Crippen molar-refractivity contribution in [3.63, 3.8) is 0 Å². The number of benzene rings is 1. The highest BCUT2D eigenvalue weighted by Gasteiger charge is 2.02. The summed E-state index contributed by atoms with van der Waals surface area (Å²) >= 11 is 0. The second kappa shape index (κ2) is 6.86. The van der Waals surface area contributed by atoms with Crippen LogP contribution in [0.5, 0.6) is 0 Å². The predicted molar refractivity (Wildman–Crippen MR) is 81.6 cm³/mol. The van der Waals surface area contributed by atoms with Gasteiger partial charge in [-0.05, 0) is 31.0 Å². The molecular formula is C15H20N4O. The molecule has 2 aromatic rings. The minimum absolute atomic E-state index is 0.643. The van der Waals surface area contributed by atoms with Gasteiger partial charge in [-0.25, -0.2) is 9.97 Å². The van der Waals surface area contributed by atoms with Gasteiger partial charge in [0.05, 0.1) is 6.61 Å². The van der Waals surface area contributed by atoms with Gasteiger partial charge in [-0.1, -0.05) is 12.1 Å². The number of aromatic nitrogens is 2. The number of nitrogens with one attached hydrogen (secondary N) is 2. The van der Waals surface area contributed by atoms with Crippen LogP contribution in [0.4, 0.5) is 17.3 Å². The molecule has 1 heterocycles. The van der Waals surface area contributed by atoms with Crippen molar-refractivity contribution >= 4 is 17.3 Å². The van der Waals surface area contributed by atoms with Crippen LogP contribution in [0.1, 0.15) is 11.1 Å². The third kappa shape index (κ3) is 3.93. The van der Waals surface area contributed by atoms with E-state index in [1.807, 2.05) is 6.07 Å². The Morgan fingerprint density at radius 2 is 1.90 bits per heavy atom. The summed E-state index contributed by atoms with van der Waals surface area (Å²) in [5.74, 6) is 1.55. The zero-order valence-corrected chi connectivity index (χ0v) is 12.1. The molecule has 0 aliphatic heterocycles. The maximum absolute atomic E-state index is 5.00. The molecule has 0 aliphatic carbocycles. The highest BCUT2D eigenvalue weighted by atomic mass is 16.5. The molecule has 0 unspecified atom stereocenters. The summed E-state index contributed by atoms with van der Waals surface area (Å²) in [6.07, 6.45) is 1.54. The van der Waals surface area contributed by atoms with Crippen LogP contribution in [-0.2, 0) is 4.74 Å². The van der Waals surface area contributed by atoms with E-state index in [1.165, 1.54) is 11.1 Å². The Labute approximate surface area is 119 Å². The summed E-state index contributed by atoms with van der Waals surface area (Å²) < 4.78 is 5.00. The van der Waals surface area contributed by atoms with Gasteiger partial charge in [0, 0.05) is 25.4 Å².